The fourth-order valence-corrected chi connectivity index (χ4v) is 1.27. The van der Waals surface area contributed by atoms with Crippen LogP contribution in [0.2, 0.25) is 0 Å². The van der Waals surface area contributed by atoms with Crippen LogP contribution in [0.15, 0.2) is 36.4 Å². The Morgan fingerprint density at radius 2 is 2.00 bits per heavy atom. The summed E-state index contributed by atoms with van der Waals surface area (Å²) in [6.07, 6.45) is 4.32. The highest BCUT2D eigenvalue weighted by Gasteiger charge is 1.93. The van der Waals surface area contributed by atoms with E-state index >= 15 is 0 Å². The van der Waals surface area contributed by atoms with Gasteiger partial charge in [0, 0.05) is 12.6 Å². The van der Waals surface area contributed by atoms with Gasteiger partial charge in [0.2, 0.25) is 5.91 Å². The standard InChI is InChI=1S/C13H18N2O/c1-14-10-5-11-15-13(16)9-8-12-6-3-2-4-7-12/h2-4,6-9,14H,5,10-11H2,1H3,(H,15,16)/b9-8+. The van der Waals surface area contributed by atoms with Crippen molar-refractivity contribution < 1.29 is 4.79 Å². The normalized spacial score (nSPS) is 10.6. The van der Waals surface area contributed by atoms with Crippen LogP contribution in [-0.4, -0.2) is 26.0 Å². The van der Waals surface area contributed by atoms with Crippen LogP contribution in [0.3, 0.4) is 0 Å². The topological polar surface area (TPSA) is 41.1 Å². The second kappa shape index (κ2) is 7.65. The van der Waals surface area contributed by atoms with Crippen molar-refractivity contribution in [1.82, 2.24) is 10.6 Å². The average molecular weight is 218 g/mol. The van der Waals surface area contributed by atoms with Gasteiger partial charge in [-0.2, -0.15) is 0 Å². The number of hydrogen-bond donors (Lipinski definition) is 2. The SMILES string of the molecule is CNCCCNC(=O)/C=C/c1ccccc1. The maximum atomic E-state index is 11.4. The molecule has 1 amide bonds. The molecule has 0 saturated heterocycles. The van der Waals surface area contributed by atoms with Crippen LogP contribution in [0, 0.1) is 0 Å². The number of carbonyl (C=O) groups is 1. The van der Waals surface area contributed by atoms with Crippen LogP contribution < -0.4 is 10.6 Å². The maximum Gasteiger partial charge on any atom is 0.243 e. The molecule has 0 fully saturated rings. The van der Waals surface area contributed by atoms with Crippen LogP contribution in [-0.2, 0) is 4.79 Å². The number of benzene rings is 1. The van der Waals surface area contributed by atoms with Gasteiger partial charge in [-0.25, -0.2) is 0 Å². The van der Waals surface area contributed by atoms with Crippen molar-refractivity contribution in [1.29, 1.82) is 0 Å². The van der Waals surface area contributed by atoms with E-state index in [0.29, 0.717) is 6.54 Å². The molecule has 1 aromatic rings. The Morgan fingerprint density at radius 1 is 1.25 bits per heavy atom. The van der Waals surface area contributed by atoms with E-state index in [1.165, 1.54) is 0 Å². The Bertz CT molecular complexity index is 333. The third-order valence-electron chi connectivity index (χ3n) is 2.13. The fourth-order valence-electron chi connectivity index (χ4n) is 1.27. The highest BCUT2D eigenvalue weighted by molar-refractivity contribution is 5.91. The Hall–Kier alpha value is -1.61. The van der Waals surface area contributed by atoms with Crippen molar-refractivity contribution in [3.63, 3.8) is 0 Å². The van der Waals surface area contributed by atoms with Crippen molar-refractivity contribution in [2.75, 3.05) is 20.1 Å². The minimum Gasteiger partial charge on any atom is -0.353 e. The van der Waals surface area contributed by atoms with E-state index in [4.69, 9.17) is 0 Å². The van der Waals surface area contributed by atoms with Crippen LogP contribution in [0.25, 0.3) is 6.08 Å². The molecule has 3 heteroatoms. The molecule has 0 aliphatic rings. The molecule has 2 N–H and O–H groups in total. The van der Waals surface area contributed by atoms with E-state index in [0.717, 1.165) is 18.5 Å². The van der Waals surface area contributed by atoms with Crippen molar-refractivity contribution in [2.45, 2.75) is 6.42 Å². The smallest absolute Gasteiger partial charge is 0.243 e. The van der Waals surface area contributed by atoms with Gasteiger partial charge in [0.05, 0.1) is 0 Å². The molecule has 0 radical (unpaired) electrons. The number of nitrogens with one attached hydrogen (secondary N) is 2. The van der Waals surface area contributed by atoms with E-state index in [1.54, 1.807) is 6.08 Å². The molecule has 0 unspecified atom stereocenters. The van der Waals surface area contributed by atoms with E-state index in [9.17, 15) is 4.79 Å². The van der Waals surface area contributed by atoms with Gasteiger partial charge in [-0.05, 0) is 31.7 Å². The Morgan fingerprint density at radius 3 is 2.69 bits per heavy atom. The largest absolute Gasteiger partial charge is 0.353 e. The molecule has 0 aliphatic heterocycles. The molecule has 16 heavy (non-hydrogen) atoms. The quantitative estimate of drug-likeness (QED) is 0.560. The first-order valence-corrected chi connectivity index (χ1v) is 5.48. The van der Waals surface area contributed by atoms with E-state index in [2.05, 4.69) is 10.6 Å². The summed E-state index contributed by atoms with van der Waals surface area (Å²) in [7, 11) is 1.90. The molecule has 86 valence electrons. The Labute approximate surface area is 96.6 Å². The third-order valence-corrected chi connectivity index (χ3v) is 2.13. The lowest BCUT2D eigenvalue weighted by Crippen LogP contribution is -2.24. The monoisotopic (exact) mass is 218 g/mol. The van der Waals surface area contributed by atoms with Gasteiger partial charge in [-0.1, -0.05) is 30.3 Å². The van der Waals surface area contributed by atoms with E-state index in [-0.39, 0.29) is 5.91 Å². The molecule has 0 spiro atoms. The van der Waals surface area contributed by atoms with Crippen molar-refractivity contribution in [3.05, 3.63) is 42.0 Å². The van der Waals surface area contributed by atoms with E-state index in [1.807, 2.05) is 43.5 Å². The van der Waals surface area contributed by atoms with Crippen LogP contribution in [0.4, 0.5) is 0 Å². The zero-order valence-electron chi connectivity index (χ0n) is 9.57. The minimum absolute atomic E-state index is 0.0417. The van der Waals surface area contributed by atoms with Gasteiger partial charge in [-0.15, -0.1) is 0 Å². The second-order valence-electron chi connectivity index (χ2n) is 3.49. The van der Waals surface area contributed by atoms with Crippen LogP contribution in [0.1, 0.15) is 12.0 Å². The summed E-state index contributed by atoms with van der Waals surface area (Å²) in [4.78, 5) is 11.4. The summed E-state index contributed by atoms with van der Waals surface area (Å²) >= 11 is 0. The van der Waals surface area contributed by atoms with Gasteiger partial charge in [0.25, 0.3) is 0 Å². The number of carbonyl (C=O) groups excluding carboxylic acids is 1. The molecule has 1 rings (SSSR count). The molecular formula is C13H18N2O. The zero-order chi connectivity index (χ0) is 11.6. The third kappa shape index (κ3) is 5.32. The first-order chi connectivity index (χ1) is 7.83. The van der Waals surface area contributed by atoms with Gasteiger partial charge >= 0.3 is 0 Å². The zero-order valence-corrected chi connectivity index (χ0v) is 9.57. The molecule has 0 heterocycles. The summed E-state index contributed by atoms with van der Waals surface area (Å²) in [5.74, 6) is -0.0417. The first-order valence-electron chi connectivity index (χ1n) is 5.48. The summed E-state index contributed by atoms with van der Waals surface area (Å²) < 4.78 is 0. The molecule has 0 aliphatic carbocycles. The van der Waals surface area contributed by atoms with E-state index < -0.39 is 0 Å². The van der Waals surface area contributed by atoms with Crippen molar-refractivity contribution in [3.8, 4) is 0 Å². The Balaban J connectivity index is 2.26. The number of amides is 1. The predicted octanol–water partition coefficient (Wildman–Crippen LogP) is 1.43. The lowest BCUT2D eigenvalue weighted by atomic mass is 10.2. The highest BCUT2D eigenvalue weighted by Crippen LogP contribution is 2.00. The van der Waals surface area contributed by atoms with Crippen LogP contribution >= 0.6 is 0 Å². The highest BCUT2D eigenvalue weighted by atomic mass is 16.1. The van der Waals surface area contributed by atoms with Gasteiger partial charge in [0.15, 0.2) is 0 Å². The molecule has 3 nitrogen and oxygen atoms in total. The van der Waals surface area contributed by atoms with Gasteiger partial charge < -0.3 is 10.6 Å². The predicted molar refractivity (Wildman–Crippen MR) is 67.0 cm³/mol. The fraction of sp³-hybridized carbons (Fsp3) is 0.308. The molecular weight excluding hydrogens is 200 g/mol. The van der Waals surface area contributed by atoms with Crippen LogP contribution in [0.5, 0.6) is 0 Å². The number of rotatable bonds is 6. The summed E-state index contributed by atoms with van der Waals surface area (Å²) in [5, 5.41) is 5.85. The average Bonchev–Trinajstić information content (AvgIpc) is 2.33. The lowest BCUT2D eigenvalue weighted by Gasteiger charge is -2.01. The lowest BCUT2D eigenvalue weighted by molar-refractivity contribution is -0.116. The molecule has 0 saturated carbocycles. The first kappa shape index (κ1) is 12.5. The summed E-state index contributed by atoms with van der Waals surface area (Å²) in [5.41, 5.74) is 1.04. The van der Waals surface area contributed by atoms with Crippen molar-refractivity contribution >= 4 is 12.0 Å². The van der Waals surface area contributed by atoms with Gasteiger partial charge in [0.1, 0.15) is 0 Å². The Kier molecular flexibility index (Phi) is 5.96. The number of hydrogen-bond acceptors (Lipinski definition) is 2. The second-order valence-corrected chi connectivity index (χ2v) is 3.49. The molecule has 0 bridgehead atoms. The summed E-state index contributed by atoms with van der Waals surface area (Å²) in [6.45, 7) is 1.63. The molecule has 1 aromatic carbocycles. The van der Waals surface area contributed by atoms with Gasteiger partial charge in [-0.3, -0.25) is 4.79 Å². The maximum absolute atomic E-state index is 11.4. The summed E-state index contributed by atoms with van der Waals surface area (Å²) in [6, 6.07) is 9.78. The molecule has 0 atom stereocenters. The minimum atomic E-state index is -0.0417. The molecule has 0 aromatic heterocycles. The van der Waals surface area contributed by atoms with Crippen molar-refractivity contribution in [2.24, 2.45) is 0 Å².